The van der Waals surface area contributed by atoms with Crippen LogP contribution in [0.3, 0.4) is 0 Å². The van der Waals surface area contributed by atoms with Crippen LogP contribution in [0.5, 0.6) is 11.5 Å². The summed E-state index contributed by atoms with van der Waals surface area (Å²) in [5.41, 5.74) is 4.64. The van der Waals surface area contributed by atoms with Crippen LogP contribution in [0, 0.1) is 0 Å². The third-order valence-corrected chi connectivity index (χ3v) is 5.87. The lowest BCUT2D eigenvalue weighted by Gasteiger charge is -2.24. The van der Waals surface area contributed by atoms with Gasteiger partial charge in [0.25, 0.3) is 0 Å². The molecule has 2 atom stereocenters. The van der Waals surface area contributed by atoms with Crippen LogP contribution in [0.1, 0.15) is 63.0 Å². The van der Waals surface area contributed by atoms with E-state index in [1.165, 1.54) is 24.1 Å². The second-order valence-electron chi connectivity index (χ2n) is 8.21. The van der Waals surface area contributed by atoms with E-state index >= 15 is 0 Å². The summed E-state index contributed by atoms with van der Waals surface area (Å²) in [5, 5.41) is 1.56. The van der Waals surface area contributed by atoms with E-state index in [2.05, 4.69) is 32.6 Å². The number of fused-ring (bicyclic) bond motifs is 6. The van der Waals surface area contributed by atoms with Gasteiger partial charge in [0.15, 0.2) is 0 Å². The average molecular weight is 402 g/mol. The molecule has 2 aromatic rings. The van der Waals surface area contributed by atoms with Crippen molar-refractivity contribution in [3.63, 3.8) is 0 Å². The van der Waals surface area contributed by atoms with E-state index in [4.69, 9.17) is 9.47 Å². The van der Waals surface area contributed by atoms with Crippen molar-refractivity contribution in [3.8, 4) is 11.5 Å². The minimum Gasteiger partial charge on any atom is -0.426 e. The third-order valence-electron chi connectivity index (χ3n) is 5.87. The largest absolute Gasteiger partial charge is 0.426 e. The van der Waals surface area contributed by atoms with Crippen molar-refractivity contribution >= 4 is 22.7 Å². The Kier molecular flexibility index (Phi) is 5.33. The number of ether oxygens (including phenoxy) is 2. The molecule has 0 heterocycles. The Bertz CT molecular complexity index is 1120. The first-order valence-corrected chi connectivity index (χ1v) is 10.4. The van der Waals surface area contributed by atoms with Gasteiger partial charge in [-0.3, -0.25) is 4.79 Å². The number of esters is 2. The zero-order chi connectivity index (χ0) is 21.4. The summed E-state index contributed by atoms with van der Waals surface area (Å²) in [5.74, 6) is 0.656. The molecule has 0 saturated heterocycles. The summed E-state index contributed by atoms with van der Waals surface area (Å²) in [7, 11) is 0. The van der Waals surface area contributed by atoms with Crippen molar-refractivity contribution in [2.45, 2.75) is 51.9 Å². The number of hydrogen-bond donors (Lipinski definition) is 0. The zero-order valence-corrected chi connectivity index (χ0v) is 17.7. The van der Waals surface area contributed by atoms with Crippen molar-refractivity contribution in [1.29, 1.82) is 0 Å². The summed E-state index contributed by atoms with van der Waals surface area (Å²) >= 11 is 0. The molecule has 4 nitrogen and oxygen atoms in total. The van der Waals surface area contributed by atoms with Gasteiger partial charge in [0.05, 0.1) is 0 Å². The van der Waals surface area contributed by atoms with E-state index in [-0.39, 0.29) is 17.8 Å². The van der Waals surface area contributed by atoms with Crippen LogP contribution < -0.4 is 9.47 Å². The molecular formula is C26H26O4. The third kappa shape index (κ3) is 3.47. The predicted octanol–water partition coefficient (Wildman–Crippen LogP) is 6.11. The van der Waals surface area contributed by atoms with E-state index in [0.29, 0.717) is 11.5 Å². The maximum absolute atomic E-state index is 12.2. The molecule has 154 valence electrons. The van der Waals surface area contributed by atoms with Crippen molar-refractivity contribution in [2.75, 3.05) is 0 Å². The van der Waals surface area contributed by atoms with Crippen LogP contribution in [0.25, 0.3) is 10.8 Å². The summed E-state index contributed by atoms with van der Waals surface area (Å²) in [6.45, 7) is 9.17. The van der Waals surface area contributed by atoms with Gasteiger partial charge in [-0.25, -0.2) is 4.79 Å². The molecule has 0 fully saturated rings. The van der Waals surface area contributed by atoms with Crippen molar-refractivity contribution in [2.24, 2.45) is 0 Å². The fraction of sp³-hybridized carbons (Fsp3) is 0.308. The number of hydrogen-bond acceptors (Lipinski definition) is 4. The predicted molar refractivity (Wildman–Crippen MR) is 118 cm³/mol. The Hall–Kier alpha value is -3.14. The first-order chi connectivity index (χ1) is 14.4. The molecule has 0 spiro atoms. The Balaban J connectivity index is 1.89. The molecule has 0 saturated carbocycles. The highest BCUT2D eigenvalue weighted by Crippen LogP contribution is 2.61. The van der Waals surface area contributed by atoms with Crippen LogP contribution in [0.15, 0.2) is 60.2 Å². The Morgan fingerprint density at radius 3 is 2.33 bits per heavy atom. The highest BCUT2D eigenvalue weighted by molar-refractivity contribution is 6.00. The average Bonchev–Trinajstić information content (AvgIpc) is 3.28. The molecule has 0 radical (unpaired) electrons. The van der Waals surface area contributed by atoms with E-state index in [9.17, 15) is 9.59 Å². The van der Waals surface area contributed by atoms with Gasteiger partial charge in [-0.2, -0.15) is 0 Å². The minimum atomic E-state index is -0.486. The van der Waals surface area contributed by atoms with Crippen molar-refractivity contribution in [3.05, 3.63) is 71.3 Å². The Labute approximate surface area is 176 Å². The maximum Gasteiger partial charge on any atom is 0.335 e. The molecule has 2 unspecified atom stereocenters. The zero-order valence-electron chi connectivity index (χ0n) is 17.7. The molecular weight excluding hydrogens is 376 g/mol. The molecule has 2 aliphatic rings. The summed E-state index contributed by atoms with van der Waals surface area (Å²) < 4.78 is 11.5. The first-order valence-electron chi connectivity index (χ1n) is 10.4. The maximum atomic E-state index is 12.2. The molecule has 0 aliphatic heterocycles. The smallest absolute Gasteiger partial charge is 0.335 e. The van der Waals surface area contributed by atoms with E-state index in [1.807, 2.05) is 24.3 Å². The standard InChI is InChI=1S/C26H26O4/c1-5-22(28)30-26-20-12-7-6-11-19(20)25(29-16(4)27)23-18-13-17(10-8-9-15(2)3)21(14-18)24(23)26/h5-7,9,11-13,18,21H,1,8,10,14H2,2-4H3. The van der Waals surface area contributed by atoms with Crippen LogP contribution in [0.4, 0.5) is 0 Å². The molecule has 2 bridgehead atoms. The molecule has 0 N–H and O–H groups in total. The fourth-order valence-electron chi connectivity index (χ4n) is 4.77. The Morgan fingerprint density at radius 2 is 1.73 bits per heavy atom. The summed E-state index contributed by atoms with van der Waals surface area (Å²) in [4.78, 5) is 24.1. The molecule has 2 aromatic carbocycles. The van der Waals surface area contributed by atoms with Gasteiger partial charge in [0.2, 0.25) is 0 Å². The van der Waals surface area contributed by atoms with Crippen LogP contribution in [0.2, 0.25) is 0 Å². The van der Waals surface area contributed by atoms with E-state index in [1.54, 1.807) is 0 Å². The monoisotopic (exact) mass is 402 g/mol. The number of carbonyl (C=O) groups is 2. The van der Waals surface area contributed by atoms with E-state index in [0.717, 1.165) is 41.2 Å². The lowest BCUT2D eigenvalue weighted by molar-refractivity contribution is -0.132. The van der Waals surface area contributed by atoms with Gasteiger partial charge in [-0.15, -0.1) is 0 Å². The normalized spacial score (nSPS) is 18.6. The minimum absolute atomic E-state index is 0.159. The molecule has 0 amide bonds. The second-order valence-corrected chi connectivity index (χ2v) is 8.21. The Morgan fingerprint density at radius 1 is 1.07 bits per heavy atom. The van der Waals surface area contributed by atoms with Gasteiger partial charge in [-0.05, 0) is 33.1 Å². The number of benzene rings is 2. The summed E-state index contributed by atoms with van der Waals surface area (Å²) in [6, 6.07) is 7.61. The quantitative estimate of drug-likeness (QED) is 0.253. The molecule has 0 aromatic heterocycles. The highest BCUT2D eigenvalue weighted by atomic mass is 16.5. The van der Waals surface area contributed by atoms with Gasteiger partial charge in [0.1, 0.15) is 11.5 Å². The van der Waals surface area contributed by atoms with Gasteiger partial charge in [-0.1, -0.05) is 54.1 Å². The van der Waals surface area contributed by atoms with Gasteiger partial charge in [0, 0.05) is 46.7 Å². The molecule has 30 heavy (non-hydrogen) atoms. The van der Waals surface area contributed by atoms with Gasteiger partial charge >= 0.3 is 11.9 Å². The topological polar surface area (TPSA) is 52.6 Å². The van der Waals surface area contributed by atoms with E-state index < -0.39 is 5.97 Å². The number of allylic oxidation sites excluding steroid dienone is 4. The molecule has 2 aliphatic carbocycles. The second kappa shape index (κ2) is 7.94. The molecule has 4 heteroatoms. The van der Waals surface area contributed by atoms with Crippen LogP contribution in [-0.2, 0) is 9.59 Å². The van der Waals surface area contributed by atoms with Crippen LogP contribution in [-0.4, -0.2) is 11.9 Å². The van der Waals surface area contributed by atoms with Gasteiger partial charge < -0.3 is 9.47 Å². The summed E-state index contributed by atoms with van der Waals surface area (Å²) in [6.07, 6.45) is 8.61. The SMILES string of the molecule is C=CC(=O)Oc1c2c(c(OC(C)=O)c3ccccc13)C1C=C(CCC=C(C)C)C2C1. The number of rotatable bonds is 6. The lowest BCUT2D eigenvalue weighted by atomic mass is 9.85. The fourth-order valence-corrected chi connectivity index (χ4v) is 4.77. The van der Waals surface area contributed by atoms with Crippen molar-refractivity contribution < 1.29 is 19.1 Å². The van der Waals surface area contributed by atoms with Crippen LogP contribution >= 0.6 is 0 Å². The van der Waals surface area contributed by atoms with Crippen molar-refractivity contribution in [1.82, 2.24) is 0 Å². The first kappa shape index (κ1) is 20.1. The number of carbonyl (C=O) groups excluding carboxylic acids is 2. The lowest BCUT2D eigenvalue weighted by Crippen LogP contribution is -2.12. The highest BCUT2D eigenvalue weighted by Gasteiger charge is 2.43. The molecule has 4 rings (SSSR count).